The average Bonchev–Trinajstić information content (AvgIpc) is 3.41. The van der Waals surface area contributed by atoms with Gasteiger partial charge in [-0.05, 0) is 75.5 Å². The summed E-state index contributed by atoms with van der Waals surface area (Å²) in [6, 6.07) is 11.9. The lowest BCUT2D eigenvalue weighted by atomic mass is 9.96. The molecule has 0 unspecified atom stereocenters. The Morgan fingerprint density at radius 2 is 1.91 bits per heavy atom. The number of rotatable bonds is 5. The first kappa shape index (κ1) is 21.6. The van der Waals surface area contributed by atoms with E-state index in [2.05, 4.69) is 14.9 Å². The number of nitrogens with zero attached hydrogens (tertiary/aromatic N) is 3. The zero-order chi connectivity index (χ0) is 22.3. The third-order valence-electron chi connectivity index (χ3n) is 6.83. The zero-order valence-electron chi connectivity index (χ0n) is 18.3. The van der Waals surface area contributed by atoms with E-state index in [1.165, 1.54) is 12.1 Å². The van der Waals surface area contributed by atoms with Crippen LogP contribution in [0.15, 0.2) is 47.4 Å². The van der Waals surface area contributed by atoms with Crippen molar-refractivity contribution in [3.8, 4) is 0 Å². The molecule has 2 fully saturated rings. The van der Waals surface area contributed by atoms with Crippen LogP contribution in [-0.4, -0.2) is 59.8 Å². The summed E-state index contributed by atoms with van der Waals surface area (Å²) in [6.07, 6.45) is 3.72. The summed E-state index contributed by atoms with van der Waals surface area (Å²) in [5.74, 6) is 0.972. The number of aryl methyl sites for hydroxylation is 1. The molecule has 0 amide bonds. The SMILES string of the molecule is Cc1cccc(S(=O)(=O)N2CCC[C@@H]2CN2CCC(c3nc4cc(F)ccc4[nH]3)CC2)c1. The molecule has 2 aromatic carbocycles. The molecule has 0 radical (unpaired) electrons. The smallest absolute Gasteiger partial charge is 0.243 e. The van der Waals surface area contributed by atoms with Crippen molar-refractivity contribution in [2.75, 3.05) is 26.2 Å². The first-order chi connectivity index (χ1) is 15.4. The van der Waals surface area contributed by atoms with Gasteiger partial charge in [-0.2, -0.15) is 4.31 Å². The van der Waals surface area contributed by atoms with E-state index in [1.54, 1.807) is 22.5 Å². The summed E-state index contributed by atoms with van der Waals surface area (Å²) < 4.78 is 41.7. The van der Waals surface area contributed by atoms with Gasteiger partial charge < -0.3 is 9.88 Å². The summed E-state index contributed by atoms with van der Waals surface area (Å²) >= 11 is 0. The van der Waals surface area contributed by atoms with Crippen molar-refractivity contribution in [1.82, 2.24) is 19.2 Å². The number of fused-ring (bicyclic) bond motifs is 1. The molecule has 170 valence electrons. The van der Waals surface area contributed by atoms with Crippen molar-refractivity contribution in [3.63, 3.8) is 0 Å². The van der Waals surface area contributed by atoms with Crippen LogP contribution in [0.3, 0.4) is 0 Å². The number of hydrogen-bond acceptors (Lipinski definition) is 4. The molecule has 8 heteroatoms. The molecule has 1 atom stereocenters. The highest BCUT2D eigenvalue weighted by atomic mass is 32.2. The Hall–Kier alpha value is -2.29. The number of halogens is 1. The van der Waals surface area contributed by atoms with Crippen molar-refractivity contribution in [3.05, 3.63) is 59.7 Å². The maximum Gasteiger partial charge on any atom is 0.243 e. The van der Waals surface area contributed by atoms with Gasteiger partial charge in [0.15, 0.2) is 0 Å². The first-order valence-corrected chi connectivity index (χ1v) is 12.8. The van der Waals surface area contributed by atoms with E-state index in [9.17, 15) is 12.8 Å². The Kier molecular flexibility index (Phi) is 5.77. The number of aromatic nitrogens is 2. The van der Waals surface area contributed by atoms with Crippen LogP contribution in [0, 0.1) is 12.7 Å². The van der Waals surface area contributed by atoms with Crippen LogP contribution in [0.4, 0.5) is 4.39 Å². The second-order valence-electron chi connectivity index (χ2n) is 9.09. The van der Waals surface area contributed by atoms with Crippen molar-refractivity contribution in [2.45, 2.75) is 49.5 Å². The number of piperidine rings is 1. The molecule has 2 saturated heterocycles. The Bertz CT molecular complexity index is 1220. The lowest BCUT2D eigenvalue weighted by molar-refractivity contribution is 0.176. The average molecular weight is 457 g/mol. The topological polar surface area (TPSA) is 69.3 Å². The van der Waals surface area contributed by atoms with Crippen LogP contribution in [-0.2, 0) is 10.0 Å². The van der Waals surface area contributed by atoms with Crippen molar-refractivity contribution < 1.29 is 12.8 Å². The van der Waals surface area contributed by atoms with E-state index in [0.717, 1.165) is 62.2 Å². The number of hydrogen-bond donors (Lipinski definition) is 1. The van der Waals surface area contributed by atoms with Crippen LogP contribution >= 0.6 is 0 Å². The minimum absolute atomic E-state index is 0.0197. The molecule has 3 heterocycles. The molecule has 0 saturated carbocycles. The highest BCUT2D eigenvalue weighted by Gasteiger charge is 2.37. The molecule has 6 nitrogen and oxygen atoms in total. The number of aromatic amines is 1. The predicted octanol–water partition coefficient (Wildman–Crippen LogP) is 4.04. The van der Waals surface area contributed by atoms with E-state index in [0.29, 0.717) is 22.9 Å². The summed E-state index contributed by atoms with van der Waals surface area (Å²) in [4.78, 5) is 10.7. The third-order valence-corrected chi connectivity index (χ3v) is 8.77. The molecule has 3 aromatic rings. The molecule has 0 bridgehead atoms. The number of H-pyrrole nitrogens is 1. The summed E-state index contributed by atoms with van der Waals surface area (Å²) in [7, 11) is -3.47. The van der Waals surface area contributed by atoms with Crippen LogP contribution in [0.5, 0.6) is 0 Å². The van der Waals surface area contributed by atoms with Gasteiger partial charge in [0, 0.05) is 31.1 Å². The second kappa shape index (κ2) is 8.57. The largest absolute Gasteiger partial charge is 0.342 e. The highest BCUT2D eigenvalue weighted by molar-refractivity contribution is 7.89. The molecule has 32 heavy (non-hydrogen) atoms. The van der Waals surface area contributed by atoms with Gasteiger partial charge in [0.05, 0.1) is 15.9 Å². The first-order valence-electron chi connectivity index (χ1n) is 11.4. The van der Waals surface area contributed by atoms with Crippen molar-refractivity contribution >= 4 is 21.1 Å². The zero-order valence-corrected chi connectivity index (χ0v) is 19.1. The van der Waals surface area contributed by atoms with Crippen LogP contribution in [0.2, 0.25) is 0 Å². The second-order valence-corrected chi connectivity index (χ2v) is 11.0. The van der Waals surface area contributed by atoms with Crippen molar-refractivity contribution in [1.29, 1.82) is 0 Å². The van der Waals surface area contributed by atoms with Crippen LogP contribution < -0.4 is 0 Å². The quantitative estimate of drug-likeness (QED) is 0.629. The molecule has 2 aliphatic heterocycles. The van der Waals surface area contributed by atoms with Gasteiger partial charge in [-0.25, -0.2) is 17.8 Å². The molecule has 0 spiro atoms. The van der Waals surface area contributed by atoms with Gasteiger partial charge in [0.1, 0.15) is 11.6 Å². The Balaban J connectivity index is 1.23. The number of benzene rings is 2. The number of nitrogens with one attached hydrogen (secondary N) is 1. The van der Waals surface area contributed by atoms with Gasteiger partial charge in [0.25, 0.3) is 0 Å². The third kappa shape index (κ3) is 4.19. The lowest BCUT2D eigenvalue weighted by Gasteiger charge is -2.35. The lowest BCUT2D eigenvalue weighted by Crippen LogP contribution is -2.45. The van der Waals surface area contributed by atoms with Gasteiger partial charge in [0.2, 0.25) is 10.0 Å². The summed E-state index contributed by atoms with van der Waals surface area (Å²) in [5.41, 5.74) is 2.49. The fourth-order valence-corrected chi connectivity index (χ4v) is 6.89. The standard InChI is InChI=1S/C24H29FN4O2S/c1-17-4-2-6-21(14-17)32(30,31)29-11-3-5-20(29)16-28-12-9-18(10-13-28)24-26-22-8-7-19(25)15-23(22)27-24/h2,4,6-8,14-15,18,20H,3,5,9-13,16H2,1H3,(H,26,27)/t20-/m1/s1. The maximum atomic E-state index is 13.5. The van der Waals surface area contributed by atoms with Crippen LogP contribution in [0.25, 0.3) is 11.0 Å². The van der Waals surface area contributed by atoms with Gasteiger partial charge in [-0.1, -0.05) is 12.1 Å². The molecule has 0 aliphatic carbocycles. The fourth-order valence-electron chi connectivity index (χ4n) is 5.10. The fraction of sp³-hybridized carbons (Fsp3) is 0.458. The van der Waals surface area contributed by atoms with Gasteiger partial charge in [-0.15, -0.1) is 0 Å². The van der Waals surface area contributed by atoms with E-state index in [-0.39, 0.29) is 11.9 Å². The van der Waals surface area contributed by atoms with Crippen molar-refractivity contribution in [2.24, 2.45) is 0 Å². The molecule has 5 rings (SSSR count). The molecule has 1 N–H and O–H groups in total. The number of imidazole rings is 1. The minimum Gasteiger partial charge on any atom is -0.342 e. The Morgan fingerprint density at radius 3 is 2.69 bits per heavy atom. The number of likely N-dealkylation sites (tertiary alicyclic amines) is 1. The van der Waals surface area contributed by atoms with E-state index in [4.69, 9.17) is 0 Å². The van der Waals surface area contributed by atoms with Gasteiger partial charge in [-0.3, -0.25) is 0 Å². The van der Waals surface area contributed by atoms with Crippen LogP contribution in [0.1, 0.15) is 43.0 Å². The minimum atomic E-state index is -3.47. The number of sulfonamides is 1. The predicted molar refractivity (Wildman–Crippen MR) is 123 cm³/mol. The summed E-state index contributed by atoms with van der Waals surface area (Å²) in [5, 5.41) is 0. The molecular formula is C24H29FN4O2S. The Labute approximate surface area is 188 Å². The highest BCUT2D eigenvalue weighted by Crippen LogP contribution is 2.31. The monoisotopic (exact) mass is 456 g/mol. The molecule has 1 aromatic heterocycles. The Morgan fingerprint density at radius 1 is 1.09 bits per heavy atom. The molecular weight excluding hydrogens is 427 g/mol. The maximum absolute atomic E-state index is 13.5. The van der Waals surface area contributed by atoms with Gasteiger partial charge >= 0.3 is 0 Å². The van der Waals surface area contributed by atoms with E-state index >= 15 is 0 Å². The van der Waals surface area contributed by atoms with E-state index in [1.807, 2.05) is 19.1 Å². The van der Waals surface area contributed by atoms with E-state index < -0.39 is 10.0 Å². The molecule has 2 aliphatic rings. The normalized spacial score (nSPS) is 21.5. The summed E-state index contributed by atoms with van der Waals surface area (Å²) in [6.45, 7) is 5.09.